The van der Waals surface area contributed by atoms with Crippen LogP contribution in [0, 0.1) is 22.2 Å². The van der Waals surface area contributed by atoms with Gasteiger partial charge in [-0.3, -0.25) is 4.79 Å². The van der Waals surface area contributed by atoms with Crippen molar-refractivity contribution in [1.82, 2.24) is 4.90 Å². The van der Waals surface area contributed by atoms with Gasteiger partial charge in [-0.15, -0.1) is 0 Å². The van der Waals surface area contributed by atoms with Gasteiger partial charge in [0.2, 0.25) is 5.91 Å². The van der Waals surface area contributed by atoms with E-state index in [1.54, 1.807) is 0 Å². The third kappa shape index (κ3) is 2.52. The van der Waals surface area contributed by atoms with Crippen LogP contribution in [0.15, 0.2) is 0 Å². The molecule has 0 aromatic carbocycles. The molecule has 4 fully saturated rings. The van der Waals surface area contributed by atoms with Gasteiger partial charge in [0.1, 0.15) is 0 Å². The molecule has 4 rings (SSSR count). The lowest BCUT2D eigenvalue weighted by atomic mass is 9.40. The Morgan fingerprint density at radius 3 is 2.24 bits per heavy atom. The Morgan fingerprint density at radius 1 is 1.14 bits per heavy atom. The largest absolute Gasteiger partial charge is 0.396 e. The van der Waals surface area contributed by atoms with E-state index in [4.69, 9.17) is 5.11 Å². The van der Waals surface area contributed by atoms with Crippen molar-refractivity contribution in [2.24, 2.45) is 22.2 Å². The van der Waals surface area contributed by atoms with Crippen molar-refractivity contribution in [3.05, 3.63) is 0 Å². The van der Waals surface area contributed by atoms with Gasteiger partial charge in [0.25, 0.3) is 0 Å². The van der Waals surface area contributed by atoms with Gasteiger partial charge in [-0.05, 0) is 68.6 Å². The second kappa shape index (κ2) is 4.97. The molecule has 120 valence electrons. The number of carbonyl (C=O) groups excluding carboxylic acids is 1. The number of hydrogen-bond acceptors (Lipinski definition) is 2. The predicted molar refractivity (Wildman–Crippen MR) is 83.8 cm³/mol. The molecule has 3 heteroatoms. The van der Waals surface area contributed by atoms with Gasteiger partial charge < -0.3 is 10.0 Å². The molecule has 4 aliphatic rings. The van der Waals surface area contributed by atoms with Crippen LogP contribution in [0.1, 0.15) is 65.7 Å². The summed E-state index contributed by atoms with van der Waals surface area (Å²) in [5, 5.41) is 9.07. The smallest absolute Gasteiger partial charge is 0.228 e. The molecule has 0 radical (unpaired) electrons. The van der Waals surface area contributed by atoms with Crippen molar-refractivity contribution in [3.63, 3.8) is 0 Å². The van der Waals surface area contributed by atoms with Gasteiger partial charge in [-0.2, -0.15) is 0 Å². The number of rotatable bonds is 5. The number of aliphatic hydroxyl groups excluding tert-OH is 1. The van der Waals surface area contributed by atoms with E-state index in [0.717, 1.165) is 31.7 Å². The number of aliphatic hydroxyl groups is 1. The summed E-state index contributed by atoms with van der Waals surface area (Å²) in [7, 11) is 0. The minimum atomic E-state index is -0.0889. The number of carbonyl (C=O) groups is 1. The normalized spacial score (nSPS) is 44.1. The third-order valence-electron chi connectivity index (χ3n) is 6.34. The highest BCUT2D eigenvalue weighted by Crippen LogP contribution is 2.69. The van der Waals surface area contributed by atoms with Crippen molar-refractivity contribution in [3.8, 4) is 0 Å². The molecule has 2 unspecified atom stereocenters. The molecule has 3 nitrogen and oxygen atoms in total. The van der Waals surface area contributed by atoms with Gasteiger partial charge >= 0.3 is 0 Å². The monoisotopic (exact) mass is 293 g/mol. The van der Waals surface area contributed by atoms with Crippen molar-refractivity contribution in [2.45, 2.75) is 65.7 Å². The van der Waals surface area contributed by atoms with E-state index < -0.39 is 0 Å². The van der Waals surface area contributed by atoms with Crippen molar-refractivity contribution >= 4 is 5.91 Å². The molecule has 2 atom stereocenters. The van der Waals surface area contributed by atoms with Gasteiger partial charge in [-0.25, -0.2) is 0 Å². The van der Waals surface area contributed by atoms with Crippen LogP contribution >= 0.6 is 0 Å². The molecule has 0 spiro atoms. The van der Waals surface area contributed by atoms with Crippen LogP contribution in [0.2, 0.25) is 0 Å². The van der Waals surface area contributed by atoms with E-state index in [-0.39, 0.29) is 12.0 Å². The fraction of sp³-hybridized carbons (Fsp3) is 0.944. The van der Waals surface area contributed by atoms with Crippen molar-refractivity contribution in [2.75, 3.05) is 19.7 Å². The van der Waals surface area contributed by atoms with E-state index in [1.807, 2.05) is 4.90 Å². The molecule has 4 bridgehead atoms. The van der Waals surface area contributed by atoms with E-state index in [1.165, 1.54) is 19.3 Å². The van der Waals surface area contributed by atoms with E-state index in [0.29, 0.717) is 29.7 Å². The first-order valence-corrected chi connectivity index (χ1v) is 8.74. The average Bonchev–Trinajstić information content (AvgIpc) is 2.35. The van der Waals surface area contributed by atoms with E-state index in [2.05, 4.69) is 20.8 Å². The molecule has 0 aromatic heterocycles. The summed E-state index contributed by atoms with van der Waals surface area (Å²) >= 11 is 0. The zero-order valence-electron chi connectivity index (χ0n) is 14.0. The van der Waals surface area contributed by atoms with Crippen LogP contribution < -0.4 is 0 Å². The Labute approximate surface area is 129 Å². The summed E-state index contributed by atoms with van der Waals surface area (Å²) in [5.41, 5.74) is 0.689. The lowest BCUT2D eigenvalue weighted by Crippen LogP contribution is -2.60. The predicted octanol–water partition coefficient (Wildman–Crippen LogP) is 3.21. The Kier molecular flexibility index (Phi) is 3.63. The molecule has 1 N–H and O–H groups in total. The van der Waals surface area contributed by atoms with Crippen LogP contribution in [0.25, 0.3) is 0 Å². The van der Waals surface area contributed by atoms with E-state index in [9.17, 15) is 4.79 Å². The van der Waals surface area contributed by atoms with Crippen LogP contribution in [-0.2, 0) is 4.79 Å². The summed E-state index contributed by atoms with van der Waals surface area (Å²) in [6.45, 7) is 8.57. The maximum Gasteiger partial charge on any atom is 0.228 e. The van der Waals surface area contributed by atoms with Gasteiger partial charge in [0.05, 0.1) is 5.41 Å². The van der Waals surface area contributed by atoms with Crippen LogP contribution in [-0.4, -0.2) is 35.6 Å². The van der Waals surface area contributed by atoms with Crippen LogP contribution in [0.5, 0.6) is 0 Å². The summed E-state index contributed by atoms with van der Waals surface area (Å²) in [6, 6.07) is 0. The van der Waals surface area contributed by atoms with Crippen LogP contribution in [0.4, 0.5) is 0 Å². The highest BCUT2D eigenvalue weighted by molar-refractivity contribution is 5.83. The van der Waals surface area contributed by atoms with Crippen molar-refractivity contribution in [1.29, 1.82) is 0 Å². The Balaban J connectivity index is 1.85. The Morgan fingerprint density at radius 2 is 1.76 bits per heavy atom. The minimum Gasteiger partial charge on any atom is -0.396 e. The maximum absolute atomic E-state index is 13.3. The molecule has 4 saturated carbocycles. The molecule has 0 heterocycles. The second-order valence-electron chi connectivity index (χ2n) is 8.87. The van der Waals surface area contributed by atoms with Gasteiger partial charge in [-0.1, -0.05) is 13.8 Å². The topological polar surface area (TPSA) is 40.5 Å². The molecule has 0 aliphatic heterocycles. The minimum absolute atomic E-state index is 0.0889. The highest BCUT2D eigenvalue weighted by atomic mass is 16.3. The summed E-state index contributed by atoms with van der Waals surface area (Å²) in [6.07, 6.45) is 8.00. The summed E-state index contributed by atoms with van der Waals surface area (Å²) in [4.78, 5) is 15.3. The Bertz CT molecular complexity index is 415. The van der Waals surface area contributed by atoms with Gasteiger partial charge in [0.15, 0.2) is 0 Å². The lowest BCUT2D eigenvalue weighted by Gasteiger charge is -2.65. The maximum atomic E-state index is 13.3. The first-order valence-electron chi connectivity index (χ1n) is 8.74. The fourth-order valence-electron chi connectivity index (χ4n) is 6.69. The van der Waals surface area contributed by atoms with E-state index >= 15 is 0 Å². The molecule has 1 amide bonds. The SMILES string of the molecule is CCN(CCCO)C(=O)C12CC3CC(C)(CC(C)(C3)C1)C2. The number of nitrogens with zero attached hydrogens (tertiary/aromatic N) is 1. The molecule has 21 heavy (non-hydrogen) atoms. The summed E-state index contributed by atoms with van der Waals surface area (Å²) < 4.78 is 0. The quantitative estimate of drug-likeness (QED) is 0.845. The first kappa shape index (κ1) is 15.3. The summed E-state index contributed by atoms with van der Waals surface area (Å²) in [5.74, 6) is 1.15. The molecular weight excluding hydrogens is 262 g/mol. The third-order valence-corrected chi connectivity index (χ3v) is 6.34. The lowest BCUT2D eigenvalue weighted by molar-refractivity contribution is -0.179. The number of hydrogen-bond donors (Lipinski definition) is 1. The molecular formula is C18H31NO2. The zero-order valence-corrected chi connectivity index (χ0v) is 14.0. The fourth-order valence-corrected chi connectivity index (χ4v) is 6.69. The molecule has 0 aromatic rings. The Hall–Kier alpha value is -0.570. The van der Waals surface area contributed by atoms with Crippen LogP contribution in [0.3, 0.4) is 0 Å². The average molecular weight is 293 g/mol. The first-order chi connectivity index (χ1) is 9.84. The standard InChI is InChI=1S/C18H31NO2/c1-4-19(6-5-7-20)15(21)18-10-14-8-16(2,12-18)11-17(3,9-14)13-18/h14,20H,4-13H2,1-3H3. The second-order valence-corrected chi connectivity index (χ2v) is 8.87. The highest BCUT2D eigenvalue weighted by Gasteiger charge is 2.63. The molecule has 0 saturated heterocycles. The molecule has 4 aliphatic carbocycles. The number of amides is 1. The van der Waals surface area contributed by atoms with Crippen molar-refractivity contribution < 1.29 is 9.90 Å². The zero-order chi connectivity index (χ0) is 15.3. The van der Waals surface area contributed by atoms with Gasteiger partial charge in [0, 0.05) is 19.7 Å².